The van der Waals surface area contributed by atoms with E-state index < -0.39 is 0 Å². The molecule has 0 radical (unpaired) electrons. The van der Waals surface area contributed by atoms with E-state index in [1.165, 1.54) is 5.56 Å². The number of amides is 1. The van der Waals surface area contributed by atoms with Crippen LogP contribution in [-0.2, 0) is 17.6 Å². The maximum Gasteiger partial charge on any atom is 0.231 e. The van der Waals surface area contributed by atoms with Crippen LogP contribution in [0.4, 0.5) is 5.69 Å². The average molecular weight is 254 g/mol. The number of H-pyrrole nitrogens is 1. The Morgan fingerprint density at radius 3 is 2.84 bits per heavy atom. The molecule has 0 aliphatic carbocycles. The zero-order valence-corrected chi connectivity index (χ0v) is 11.4. The fourth-order valence-corrected chi connectivity index (χ4v) is 2.82. The second-order valence-electron chi connectivity index (χ2n) is 5.20. The van der Waals surface area contributed by atoms with Crippen LogP contribution in [0.15, 0.2) is 30.3 Å². The summed E-state index contributed by atoms with van der Waals surface area (Å²) in [6, 6.07) is 10.2. The largest absolute Gasteiger partial charge is 0.362 e. The first-order valence-electron chi connectivity index (χ1n) is 6.68. The SMILES string of the molecule is Cc1cc(CC(=O)N2CCc3ccccc32)c(C)[nH]1. The van der Waals surface area contributed by atoms with Crippen molar-refractivity contribution in [2.75, 3.05) is 11.4 Å². The van der Waals surface area contributed by atoms with Crippen LogP contribution in [0.3, 0.4) is 0 Å². The second kappa shape index (κ2) is 4.57. The molecule has 0 atom stereocenters. The molecule has 0 unspecified atom stereocenters. The minimum atomic E-state index is 0.187. The molecule has 1 amide bonds. The summed E-state index contributed by atoms with van der Waals surface area (Å²) in [6.07, 6.45) is 1.44. The van der Waals surface area contributed by atoms with Gasteiger partial charge in [0.25, 0.3) is 0 Å². The third-order valence-electron chi connectivity index (χ3n) is 3.79. The highest BCUT2D eigenvalue weighted by atomic mass is 16.2. The maximum absolute atomic E-state index is 12.5. The van der Waals surface area contributed by atoms with Gasteiger partial charge in [-0.1, -0.05) is 18.2 Å². The number of aryl methyl sites for hydroxylation is 2. The van der Waals surface area contributed by atoms with Gasteiger partial charge in [-0.25, -0.2) is 0 Å². The molecule has 1 N–H and O–H groups in total. The molecule has 1 aliphatic heterocycles. The Morgan fingerprint density at radius 1 is 1.32 bits per heavy atom. The number of hydrogen-bond donors (Lipinski definition) is 1. The van der Waals surface area contributed by atoms with Crippen LogP contribution in [0.1, 0.15) is 22.5 Å². The molecule has 1 aromatic heterocycles. The minimum Gasteiger partial charge on any atom is -0.362 e. The van der Waals surface area contributed by atoms with Gasteiger partial charge >= 0.3 is 0 Å². The molecule has 3 nitrogen and oxygen atoms in total. The minimum absolute atomic E-state index is 0.187. The van der Waals surface area contributed by atoms with E-state index in [-0.39, 0.29) is 5.91 Å². The van der Waals surface area contributed by atoms with Crippen molar-refractivity contribution in [3.05, 3.63) is 52.8 Å². The number of nitrogens with one attached hydrogen (secondary N) is 1. The third-order valence-corrected chi connectivity index (χ3v) is 3.79. The molecule has 0 spiro atoms. The van der Waals surface area contributed by atoms with Crippen LogP contribution in [0.5, 0.6) is 0 Å². The fourth-order valence-electron chi connectivity index (χ4n) is 2.82. The summed E-state index contributed by atoms with van der Waals surface area (Å²) in [7, 11) is 0. The number of para-hydroxylation sites is 1. The van der Waals surface area contributed by atoms with Gasteiger partial charge in [-0.3, -0.25) is 4.79 Å². The number of carbonyl (C=O) groups excluding carboxylic acids is 1. The van der Waals surface area contributed by atoms with Crippen LogP contribution < -0.4 is 4.90 Å². The van der Waals surface area contributed by atoms with Gasteiger partial charge in [-0.2, -0.15) is 0 Å². The van der Waals surface area contributed by atoms with Crippen molar-refractivity contribution in [2.24, 2.45) is 0 Å². The van der Waals surface area contributed by atoms with Crippen molar-refractivity contribution >= 4 is 11.6 Å². The number of fused-ring (bicyclic) bond motifs is 1. The molecule has 0 saturated carbocycles. The molecule has 0 saturated heterocycles. The van der Waals surface area contributed by atoms with E-state index in [1.807, 2.05) is 36.9 Å². The zero-order chi connectivity index (χ0) is 13.4. The molecule has 3 rings (SSSR count). The van der Waals surface area contributed by atoms with E-state index in [1.54, 1.807) is 0 Å². The lowest BCUT2D eigenvalue weighted by Gasteiger charge is -2.17. The van der Waals surface area contributed by atoms with Gasteiger partial charge in [-0.15, -0.1) is 0 Å². The lowest BCUT2D eigenvalue weighted by atomic mass is 10.1. The van der Waals surface area contributed by atoms with Crippen LogP contribution in [0.25, 0.3) is 0 Å². The van der Waals surface area contributed by atoms with Crippen LogP contribution in [-0.4, -0.2) is 17.4 Å². The van der Waals surface area contributed by atoms with E-state index in [2.05, 4.69) is 17.1 Å². The standard InChI is InChI=1S/C16H18N2O/c1-11-9-14(12(2)17-11)10-16(19)18-8-7-13-5-3-4-6-15(13)18/h3-6,9,17H,7-8,10H2,1-2H3. The van der Waals surface area contributed by atoms with E-state index in [0.717, 1.165) is 35.6 Å². The molecule has 0 fully saturated rings. The topological polar surface area (TPSA) is 36.1 Å². The van der Waals surface area contributed by atoms with E-state index in [4.69, 9.17) is 0 Å². The Bertz CT molecular complexity index is 627. The lowest BCUT2D eigenvalue weighted by Crippen LogP contribution is -2.30. The lowest BCUT2D eigenvalue weighted by molar-refractivity contribution is -0.117. The van der Waals surface area contributed by atoms with Crippen LogP contribution >= 0.6 is 0 Å². The zero-order valence-electron chi connectivity index (χ0n) is 11.4. The number of benzene rings is 1. The average Bonchev–Trinajstić information content (AvgIpc) is 2.93. The Kier molecular flexibility index (Phi) is 2.90. The first-order valence-corrected chi connectivity index (χ1v) is 6.68. The van der Waals surface area contributed by atoms with Gasteiger partial charge < -0.3 is 9.88 Å². The highest BCUT2D eigenvalue weighted by molar-refractivity contribution is 5.96. The number of nitrogens with zero attached hydrogens (tertiary/aromatic N) is 1. The van der Waals surface area contributed by atoms with Gasteiger partial charge in [0.1, 0.15) is 0 Å². The molecule has 98 valence electrons. The Balaban J connectivity index is 1.81. The normalized spacial score (nSPS) is 13.7. The molecule has 2 aromatic rings. The number of anilines is 1. The molecule has 1 aromatic carbocycles. The predicted octanol–water partition coefficient (Wildman–Crippen LogP) is 2.76. The van der Waals surface area contributed by atoms with E-state index >= 15 is 0 Å². The summed E-state index contributed by atoms with van der Waals surface area (Å²) < 4.78 is 0. The summed E-state index contributed by atoms with van der Waals surface area (Å²) in [6.45, 7) is 4.85. The molecular weight excluding hydrogens is 236 g/mol. The second-order valence-corrected chi connectivity index (χ2v) is 5.20. The first-order chi connectivity index (χ1) is 9.15. The number of aromatic nitrogens is 1. The predicted molar refractivity (Wildman–Crippen MR) is 76.5 cm³/mol. The van der Waals surface area contributed by atoms with Crippen LogP contribution in [0.2, 0.25) is 0 Å². The Labute approximate surface area is 113 Å². The van der Waals surface area contributed by atoms with Crippen molar-refractivity contribution < 1.29 is 4.79 Å². The summed E-state index contributed by atoms with van der Waals surface area (Å²) in [4.78, 5) is 17.6. The third kappa shape index (κ3) is 2.16. The molecule has 19 heavy (non-hydrogen) atoms. The fraction of sp³-hybridized carbons (Fsp3) is 0.312. The molecular formula is C16H18N2O. The number of aromatic amines is 1. The van der Waals surface area contributed by atoms with Gasteiger partial charge in [0, 0.05) is 23.6 Å². The maximum atomic E-state index is 12.5. The summed E-state index contributed by atoms with van der Waals surface area (Å²) in [5.41, 5.74) is 5.67. The van der Waals surface area contributed by atoms with Crippen molar-refractivity contribution in [3.63, 3.8) is 0 Å². The van der Waals surface area contributed by atoms with Crippen LogP contribution in [0, 0.1) is 13.8 Å². The van der Waals surface area contributed by atoms with Gasteiger partial charge in [0.05, 0.1) is 6.42 Å². The van der Waals surface area contributed by atoms with Crippen molar-refractivity contribution in [2.45, 2.75) is 26.7 Å². The first kappa shape index (κ1) is 12.0. The molecule has 2 heterocycles. The van der Waals surface area contributed by atoms with Crippen molar-refractivity contribution in [3.8, 4) is 0 Å². The van der Waals surface area contributed by atoms with Gasteiger partial charge in [-0.05, 0) is 43.5 Å². The van der Waals surface area contributed by atoms with Gasteiger partial charge in [0.2, 0.25) is 5.91 Å². The van der Waals surface area contributed by atoms with E-state index in [0.29, 0.717) is 6.42 Å². The number of carbonyl (C=O) groups is 1. The Hall–Kier alpha value is -2.03. The molecule has 1 aliphatic rings. The number of rotatable bonds is 2. The van der Waals surface area contributed by atoms with Crippen molar-refractivity contribution in [1.29, 1.82) is 0 Å². The monoisotopic (exact) mass is 254 g/mol. The summed E-state index contributed by atoms with van der Waals surface area (Å²) in [5, 5.41) is 0. The Morgan fingerprint density at radius 2 is 2.11 bits per heavy atom. The number of hydrogen-bond acceptors (Lipinski definition) is 1. The molecule has 0 bridgehead atoms. The molecule has 3 heteroatoms. The quantitative estimate of drug-likeness (QED) is 0.879. The smallest absolute Gasteiger partial charge is 0.231 e. The highest BCUT2D eigenvalue weighted by Gasteiger charge is 2.24. The summed E-state index contributed by atoms with van der Waals surface area (Å²) in [5.74, 6) is 0.187. The highest BCUT2D eigenvalue weighted by Crippen LogP contribution is 2.28. The van der Waals surface area contributed by atoms with Crippen molar-refractivity contribution in [1.82, 2.24) is 4.98 Å². The van der Waals surface area contributed by atoms with Gasteiger partial charge in [0.15, 0.2) is 0 Å². The van der Waals surface area contributed by atoms with E-state index in [9.17, 15) is 4.79 Å². The summed E-state index contributed by atoms with van der Waals surface area (Å²) >= 11 is 0.